The van der Waals surface area contributed by atoms with Crippen molar-refractivity contribution in [2.45, 2.75) is 12.7 Å². The number of hydrogen-bond acceptors (Lipinski definition) is 6. The van der Waals surface area contributed by atoms with Crippen LogP contribution in [0.1, 0.15) is 22.8 Å². The summed E-state index contributed by atoms with van der Waals surface area (Å²) in [4.78, 5) is 17.0. The van der Waals surface area contributed by atoms with Gasteiger partial charge < -0.3 is 24.4 Å². The number of nitriles is 1. The van der Waals surface area contributed by atoms with Crippen LogP contribution in [0.4, 0.5) is 10.5 Å². The van der Waals surface area contributed by atoms with Crippen LogP contribution in [0, 0.1) is 11.3 Å². The molecule has 0 aromatic heterocycles. The quantitative estimate of drug-likeness (QED) is 0.459. The number of carbonyl (C=O) groups excluding carboxylic acids is 1. The number of para-hydroxylation sites is 2. The van der Waals surface area contributed by atoms with Crippen LogP contribution >= 0.6 is 0 Å². The monoisotopic (exact) mass is 500 g/mol. The van der Waals surface area contributed by atoms with E-state index in [-0.39, 0.29) is 12.1 Å². The van der Waals surface area contributed by atoms with Crippen LogP contribution in [0.5, 0.6) is 11.5 Å². The smallest absolute Gasteiger partial charge is 0.322 e. The van der Waals surface area contributed by atoms with Gasteiger partial charge in [0, 0.05) is 32.7 Å². The summed E-state index contributed by atoms with van der Waals surface area (Å²) in [7, 11) is 3.24. The van der Waals surface area contributed by atoms with Crippen molar-refractivity contribution in [2.75, 3.05) is 52.3 Å². The molecule has 1 aliphatic rings. The zero-order chi connectivity index (χ0) is 26.0. The van der Waals surface area contributed by atoms with Gasteiger partial charge in [-0.15, -0.1) is 0 Å². The van der Waals surface area contributed by atoms with Gasteiger partial charge in [-0.25, -0.2) is 4.79 Å². The molecule has 3 aromatic rings. The van der Waals surface area contributed by atoms with Crippen molar-refractivity contribution in [3.05, 3.63) is 89.5 Å². The van der Waals surface area contributed by atoms with Gasteiger partial charge in [-0.05, 0) is 47.5 Å². The first kappa shape index (κ1) is 26.0. The Kier molecular flexibility index (Phi) is 8.98. The van der Waals surface area contributed by atoms with E-state index in [1.54, 1.807) is 26.4 Å². The molecule has 1 saturated heterocycles. The normalized spacial score (nSPS) is 14.5. The highest BCUT2D eigenvalue weighted by atomic mass is 16.5. The Hall–Kier alpha value is -4.06. The average Bonchev–Trinajstić information content (AvgIpc) is 2.96. The van der Waals surface area contributed by atoms with Gasteiger partial charge in [0.1, 0.15) is 11.5 Å². The van der Waals surface area contributed by atoms with Crippen LogP contribution in [0.15, 0.2) is 72.8 Å². The first-order valence-electron chi connectivity index (χ1n) is 12.3. The molecule has 3 aromatic carbocycles. The highest BCUT2D eigenvalue weighted by Crippen LogP contribution is 2.26. The van der Waals surface area contributed by atoms with E-state index in [0.717, 1.165) is 30.0 Å². The maximum atomic E-state index is 12.8. The molecule has 0 aliphatic carbocycles. The van der Waals surface area contributed by atoms with E-state index >= 15 is 0 Å². The van der Waals surface area contributed by atoms with Crippen molar-refractivity contribution in [3.8, 4) is 17.6 Å². The highest BCUT2D eigenvalue weighted by molar-refractivity contribution is 5.91. The number of benzene rings is 3. The number of nitrogens with one attached hydrogen (secondary N) is 1. The van der Waals surface area contributed by atoms with Crippen molar-refractivity contribution in [1.29, 1.82) is 5.26 Å². The van der Waals surface area contributed by atoms with Crippen molar-refractivity contribution in [3.63, 3.8) is 0 Å². The van der Waals surface area contributed by atoms with E-state index in [4.69, 9.17) is 19.5 Å². The summed E-state index contributed by atoms with van der Waals surface area (Å²) >= 11 is 0. The lowest BCUT2D eigenvalue weighted by atomic mass is 10.1. The molecule has 1 heterocycles. The Labute approximate surface area is 218 Å². The van der Waals surface area contributed by atoms with Gasteiger partial charge in [0.2, 0.25) is 0 Å². The second-order valence-corrected chi connectivity index (χ2v) is 8.80. The summed E-state index contributed by atoms with van der Waals surface area (Å²) in [5, 5.41) is 12.0. The zero-order valence-corrected chi connectivity index (χ0v) is 21.2. The SMILES string of the molecule is COc1cccc(C(CN2CCN(C(=O)Nc3ccccc3OC)CC2)OCc2ccc(C#N)cc2)c1. The molecule has 8 nitrogen and oxygen atoms in total. The maximum Gasteiger partial charge on any atom is 0.322 e. The van der Waals surface area contributed by atoms with Gasteiger partial charge in [-0.3, -0.25) is 4.90 Å². The molecule has 0 spiro atoms. The molecule has 192 valence electrons. The number of ether oxygens (including phenoxy) is 3. The number of nitrogens with zero attached hydrogens (tertiary/aromatic N) is 3. The molecule has 1 fully saturated rings. The predicted molar refractivity (Wildman–Crippen MR) is 142 cm³/mol. The highest BCUT2D eigenvalue weighted by Gasteiger charge is 2.25. The fourth-order valence-corrected chi connectivity index (χ4v) is 4.28. The van der Waals surface area contributed by atoms with Gasteiger partial charge in [0.05, 0.1) is 44.3 Å². The fraction of sp³-hybridized carbons (Fsp3) is 0.310. The number of amides is 2. The first-order valence-corrected chi connectivity index (χ1v) is 12.3. The van der Waals surface area contributed by atoms with Crippen LogP contribution in [-0.2, 0) is 11.3 Å². The van der Waals surface area contributed by atoms with Crippen LogP contribution in [-0.4, -0.2) is 62.8 Å². The molecule has 0 saturated carbocycles. The summed E-state index contributed by atoms with van der Waals surface area (Å²) in [5.41, 5.74) is 3.32. The molecular formula is C29H32N4O4. The molecule has 0 bridgehead atoms. The number of rotatable bonds is 9. The van der Waals surface area contributed by atoms with Crippen LogP contribution in [0.3, 0.4) is 0 Å². The first-order chi connectivity index (χ1) is 18.1. The van der Waals surface area contributed by atoms with Crippen molar-refractivity contribution in [2.24, 2.45) is 0 Å². The Balaban J connectivity index is 1.37. The number of urea groups is 1. The second-order valence-electron chi connectivity index (χ2n) is 8.80. The molecule has 1 unspecified atom stereocenters. The third kappa shape index (κ3) is 7.00. The van der Waals surface area contributed by atoms with Crippen molar-refractivity contribution >= 4 is 11.7 Å². The second kappa shape index (κ2) is 12.8. The summed E-state index contributed by atoms with van der Waals surface area (Å²) in [5.74, 6) is 1.41. The molecule has 1 aliphatic heterocycles. The van der Waals surface area contributed by atoms with Crippen LogP contribution in [0.25, 0.3) is 0 Å². The molecule has 37 heavy (non-hydrogen) atoms. The van der Waals surface area contributed by atoms with E-state index in [2.05, 4.69) is 16.3 Å². The number of carbonyl (C=O) groups is 1. The summed E-state index contributed by atoms with van der Waals surface area (Å²) in [6.45, 7) is 3.81. The van der Waals surface area contributed by atoms with E-state index in [9.17, 15) is 4.79 Å². The number of anilines is 1. The Bertz CT molecular complexity index is 1220. The van der Waals surface area contributed by atoms with Crippen molar-refractivity contribution in [1.82, 2.24) is 9.80 Å². The van der Waals surface area contributed by atoms with Gasteiger partial charge in [0.25, 0.3) is 0 Å². The molecular weight excluding hydrogens is 468 g/mol. The van der Waals surface area contributed by atoms with Crippen molar-refractivity contribution < 1.29 is 19.0 Å². The molecule has 1 atom stereocenters. The van der Waals surface area contributed by atoms with E-state index in [1.807, 2.05) is 65.6 Å². The molecule has 1 N–H and O–H groups in total. The fourth-order valence-electron chi connectivity index (χ4n) is 4.28. The Morgan fingerprint density at radius 3 is 2.43 bits per heavy atom. The van der Waals surface area contributed by atoms with Crippen LogP contribution < -0.4 is 14.8 Å². The van der Waals surface area contributed by atoms with Gasteiger partial charge in [0.15, 0.2) is 0 Å². The lowest BCUT2D eigenvalue weighted by Crippen LogP contribution is -2.50. The lowest BCUT2D eigenvalue weighted by Gasteiger charge is -2.36. The van der Waals surface area contributed by atoms with Gasteiger partial charge in [-0.2, -0.15) is 5.26 Å². The number of piperazine rings is 1. The lowest BCUT2D eigenvalue weighted by molar-refractivity contribution is 0.00584. The standard InChI is InChI=1S/C29H32N4O4/c1-35-25-7-5-6-24(18-25)28(37-21-23-12-10-22(19-30)11-13-23)20-32-14-16-33(17-15-32)29(34)31-26-8-3-4-9-27(26)36-2/h3-13,18,28H,14-17,20-21H2,1-2H3,(H,31,34). The summed E-state index contributed by atoms with van der Waals surface area (Å²) in [6.07, 6.45) is -0.181. The van der Waals surface area contributed by atoms with E-state index in [0.29, 0.717) is 43.2 Å². The minimum Gasteiger partial charge on any atom is -0.497 e. The third-order valence-corrected chi connectivity index (χ3v) is 6.43. The minimum absolute atomic E-state index is 0.134. The van der Waals surface area contributed by atoms with Gasteiger partial charge >= 0.3 is 6.03 Å². The Morgan fingerprint density at radius 1 is 0.973 bits per heavy atom. The van der Waals surface area contributed by atoms with E-state index < -0.39 is 0 Å². The number of methoxy groups -OCH3 is 2. The largest absolute Gasteiger partial charge is 0.497 e. The molecule has 4 rings (SSSR count). The molecule has 8 heteroatoms. The average molecular weight is 501 g/mol. The summed E-state index contributed by atoms with van der Waals surface area (Å²) < 4.78 is 17.2. The third-order valence-electron chi connectivity index (χ3n) is 6.43. The van der Waals surface area contributed by atoms with E-state index in [1.165, 1.54) is 0 Å². The predicted octanol–water partition coefficient (Wildman–Crippen LogP) is 4.68. The molecule has 0 radical (unpaired) electrons. The summed E-state index contributed by atoms with van der Waals surface area (Å²) in [6, 6.07) is 24.8. The minimum atomic E-state index is -0.181. The maximum absolute atomic E-state index is 12.8. The number of hydrogen-bond donors (Lipinski definition) is 1. The van der Waals surface area contributed by atoms with Crippen LogP contribution in [0.2, 0.25) is 0 Å². The topological polar surface area (TPSA) is 87.1 Å². The van der Waals surface area contributed by atoms with Gasteiger partial charge in [-0.1, -0.05) is 36.4 Å². The Morgan fingerprint density at radius 2 is 1.73 bits per heavy atom. The zero-order valence-electron chi connectivity index (χ0n) is 21.2. The molecule has 2 amide bonds.